The Kier molecular flexibility index (Phi) is 5.61. The molecule has 1 aromatic carbocycles. The van der Waals surface area contributed by atoms with Gasteiger partial charge in [0.05, 0.1) is 13.2 Å². The van der Waals surface area contributed by atoms with Crippen LogP contribution in [-0.4, -0.2) is 36.5 Å². The highest BCUT2D eigenvalue weighted by Gasteiger charge is 2.22. The number of esters is 1. The van der Waals surface area contributed by atoms with Crippen LogP contribution in [-0.2, 0) is 17.7 Å². The summed E-state index contributed by atoms with van der Waals surface area (Å²) in [4.78, 5) is 27.3. The van der Waals surface area contributed by atoms with Crippen LogP contribution in [0.5, 0.6) is 0 Å². The standard InChI is InChI=1S/C27H27N5O2/c1-5-21-29-23-17(3)14-18(4)28-26(23)32(21)16-19-12-13-31-22(15-19)30-24(20-10-8-7-9-11-20)25(31)27(33)34-6-2/h7-15H,5-6,16H2,1-4H3. The van der Waals surface area contributed by atoms with Gasteiger partial charge in [0.15, 0.2) is 11.3 Å². The van der Waals surface area contributed by atoms with Crippen molar-refractivity contribution in [3.8, 4) is 11.3 Å². The molecular weight excluding hydrogens is 426 g/mol. The number of aryl methyl sites for hydroxylation is 3. The molecule has 0 aliphatic carbocycles. The molecule has 7 nitrogen and oxygen atoms in total. The number of ether oxygens (including phenoxy) is 1. The van der Waals surface area contributed by atoms with Crippen LogP contribution in [0.25, 0.3) is 28.1 Å². The maximum Gasteiger partial charge on any atom is 0.357 e. The Morgan fingerprint density at radius 2 is 1.79 bits per heavy atom. The third kappa shape index (κ3) is 3.73. The largest absolute Gasteiger partial charge is 0.461 e. The van der Waals surface area contributed by atoms with E-state index in [0.29, 0.717) is 30.2 Å². The number of carbonyl (C=O) groups is 1. The number of hydrogen-bond acceptors (Lipinski definition) is 5. The van der Waals surface area contributed by atoms with Gasteiger partial charge in [0, 0.05) is 23.9 Å². The number of benzene rings is 1. The van der Waals surface area contributed by atoms with Crippen molar-refractivity contribution >= 4 is 22.8 Å². The zero-order valence-corrected chi connectivity index (χ0v) is 19.9. The summed E-state index contributed by atoms with van der Waals surface area (Å²) in [6, 6.07) is 15.8. The number of hydrogen-bond donors (Lipinski definition) is 0. The molecule has 0 spiro atoms. The van der Waals surface area contributed by atoms with Gasteiger partial charge in [0.2, 0.25) is 0 Å². The fraction of sp³-hybridized carbons (Fsp3) is 0.259. The van der Waals surface area contributed by atoms with E-state index in [4.69, 9.17) is 19.7 Å². The lowest BCUT2D eigenvalue weighted by Gasteiger charge is -2.09. The van der Waals surface area contributed by atoms with E-state index in [9.17, 15) is 4.79 Å². The monoisotopic (exact) mass is 453 g/mol. The molecule has 0 N–H and O–H groups in total. The van der Waals surface area contributed by atoms with E-state index in [1.54, 1.807) is 6.92 Å². The average Bonchev–Trinajstić information content (AvgIpc) is 3.38. The number of fused-ring (bicyclic) bond motifs is 2. The average molecular weight is 454 g/mol. The lowest BCUT2D eigenvalue weighted by molar-refractivity contribution is 0.0519. The van der Waals surface area contributed by atoms with Crippen molar-refractivity contribution in [3.05, 3.63) is 83.1 Å². The topological polar surface area (TPSA) is 74.3 Å². The van der Waals surface area contributed by atoms with Crippen LogP contribution < -0.4 is 0 Å². The maximum absolute atomic E-state index is 12.8. The second-order valence-corrected chi connectivity index (χ2v) is 8.38. The minimum atomic E-state index is -0.384. The van der Waals surface area contributed by atoms with Gasteiger partial charge in [0.1, 0.15) is 22.7 Å². The number of pyridine rings is 2. The molecule has 172 valence electrons. The van der Waals surface area contributed by atoms with Crippen molar-refractivity contribution in [3.63, 3.8) is 0 Å². The Morgan fingerprint density at radius 1 is 1.00 bits per heavy atom. The third-order valence-electron chi connectivity index (χ3n) is 5.96. The van der Waals surface area contributed by atoms with Crippen molar-refractivity contribution in [2.45, 2.75) is 40.7 Å². The van der Waals surface area contributed by atoms with Crippen molar-refractivity contribution in [2.75, 3.05) is 6.61 Å². The van der Waals surface area contributed by atoms with Crippen LogP contribution >= 0.6 is 0 Å². The minimum Gasteiger partial charge on any atom is -0.461 e. The van der Waals surface area contributed by atoms with E-state index >= 15 is 0 Å². The van der Waals surface area contributed by atoms with Gasteiger partial charge in [-0.3, -0.25) is 4.40 Å². The summed E-state index contributed by atoms with van der Waals surface area (Å²) in [6.07, 6.45) is 2.71. The molecule has 0 aliphatic rings. The van der Waals surface area contributed by atoms with Gasteiger partial charge in [-0.25, -0.2) is 19.7 Å². The molecule has 0 aliphatic heterocycles. The first-order chi connectivity index (χ1) is 16.5. The first-order valence-corrected chi connectivity index (χ1v) is 11.6. The summed E-state index contributed by atoms with van der Waals surface area (Å²) in [6.45, 7) is 8.92. The second-order valence-electron chi connectivity index (χ2n) is 8.38. The fourth-order valence-corrected chi connectivity index (χ4v) is 4.44. The fourth-order valence-electron chi connectivity index (χ4n) is 4.44. The molecule has 0 fully saturated rings. The zero-order valence-electron chi connectivity index (χ0n) is 19.9. The smallest absolute Gasteiger partial charge is 0.357 e. The Hall–Kier alpha value is -4.00. The van der Waals surface area contributed by atoms with E-state index in [-0.39, 0.29) is 5.97 Å². The molecule has 0 saturated carbocycles. The number of rotatable bonds is 6. The van der Waals surface area contributed by atoms with Crippen molar-refractivity contribution in [1.82, 2.24) is 23.9 Å². The van der Waals surface area contributed by atoms with Gasteiger partial charge in [-0.15, -0.1) is 0 Å². The molecule has 0 amide bonds. The highest BCUT2D eigenvalue weighted by atomic mass is 16.5. The second kappa shape index (κ2) is 8.74. The van der Waals surface area contributed by atoms with Gasteiger partial charge in [-0.2, -0.15) is 0 Å². The van der Waals surface area contributed by atoms with Crippen LogP contribution in [0.3, 0.4) is 0 Å². The molecule has 4 aromatic heterocycles. The Morgan fingerprint density at radius 3 is 2.53 bits per heavy atom. The molecule has 5 rings (SSSR count). The molecule has 0 saturated heterocycles. The quantitative estimate of drug-likeness (QED) is 0.332. The SMILES string of the molecule is CCOC(=O)c1c(-c2ccccc2)nc2cc(Cn3c(CC)nc4c(C)cc(C)nc43)ccn12. The van der Waals surface area contributed by atoms with Crippen LogP contribution in [0.2, 0.25) is 0 Å². The number of imidazole rings is 2. The predicted molar refractivity (Wildman–Crippen MR) is 132 cm³/mol. The van der Waals surface area contributed by atoms with Crippen molar-refractivity contribution in [2.24, 2.45) is 0 Å². The number of aromatic nitrogens is 5. The minimum absolute atomic E-state index is 0.303. The summed E-state index contributed by atoms with van der Waals surface area (Å²) >= 11 is 0. The maximum atomic E-state index is 12.8. The first-order valence-electron chi connectivity index (χ1n) is 11.6. The molecule has 7 heteroatoms. The number of nitrogens with zero attached hydrogens (tertiary/aromatic N) is 5. The molecule has 4 heterocycles. The normalized spacial score (nSPS) is 11.4. The lowest BCUT2D eigenvalue weighted by Crippen LogP contribution is -2.10. The Balaban J connectivity index is 1.63. The molecule has 0 unspecified atom stereocenters. The molecule has 0 bridgehead atoms. The lowest BCUT2D eigenvalue weighted by atomic mass is 10.1. The summed E-state index contributed by atoms with van der Waals surface area (Å²) in [7, 11) is 0. The van der Waals surface area contributed by atoms with Crippen LogP contribution in [0, 0.1) is 13.8 Å². The van der Waals surface area contributed by atoms with Crippen LogP contribution in [0.1, 0.15) is 47.0 Å². The van der Waals surface area contributed by atoms with E-state index in [1.807, 2.05) is 60.0 Å². The van der Waals surface area contributed by atoms with E-state index in [2.05, 4.69) is 24.5 Å². The number of carbonyl (C=O) groups excluding carboxylic acids is 1. The Labute approximate surface area is 198 Å². The van der Waals surface area contributed by atoms with Gasteiger partial charge < -0.3 is 9.30 Å². The molecular formula is C27H27N5O2. The van der Waals surface area contributed by atoms with E-state index < -0.39 is 0 Å². The van der Waals surface area contributed by atoms with E-state index in [1.165, 1.54) is 0 Å². The van der Waals surface area contributed by atoms with Crippen molar-refractivity contribution < 1.29 is 9.53 Å². The molecule has 0 atom stereocenters. The highest BCUT2D eigenvalue weighted by Crippen LogP contribution is 2.27. The molecule has 5 aromatic rings. The van der Waals surface area contributed by atoms with Crippen molar-refractivity contribution in [1.29, 1.82) is 0 Å². The third-order valence-corrected chi connectivity index (χ3v) is 5.96. The van der Waals surface area contributed by atoms with Gasteiger partial charge in [-0.05, 0) is 50.1 Å². The summed E-state index contributed by atoms with van der Waals surface area (Å²) in [5.41, 5.74) is 7.63. The summed E-state index contributed by atoms with van der Waals surface area (Å²) in [5.74, 6) is 0.613. The van der Waals surface area contributed by atoms with Crippen LogP contribution in [0.4, 0.5) is 0 Å². The summed E-state index contributed by atoms with van der Waals surface area (Å²) < 4.78 is 9.34. The van der Waals surface area contributed by atoms with Gasteiger partial charge in [0.25, 0.3) is 0 Å². The Bertz CT molecular complexity index is 1520. The van der Waals surface area contributed by atoms with Gasteiger partial charge >= 0.3 is 5.97 Å². The zero-order chi connectivity index (χ0) is 23.8. The van der Waals surface area contributed by atoms with Gasteiger partial charge in [-0.1, -0.05) is 37.3 Å². The first kappa shape index (κ1) is 21.8. The molecule has 34 heavy (non-hydrogen) atoms. The summed E-state index contributed by atoms with van der Waals surface area (Å²) in [5, 5.41) is 0. The predicted octanol–water partition coefficient (Wildman–Crippen LogP) is 5.15. The van der Waals surface area contributed by atoms with E-state index in [0.717, 1.165) is 45.8 Å². The van der Waals surface area contributed by atoms with Crippen LogP contribution in [0.15, 0.2) is 54.7 Å². The highest BCUT2D eigenvalue weighted by molar-refractivity contribution is 5.96. The molecule has 0 radical (unpaired) electrons.